The van der Waals surface area contributed by atoms with Gasteiger partial charge in [0.15, 0.2) is 0 Å². The summed E-state index contributed by atoms with van der Waals surface area (Å²) in [5, 5.41) is 28.4. The maximum Gasteiger partial charge on any atom is 0.327 e. The molecule has 10 heteroatoms. The summed E-state index contributed by atoms with van der Waals surface area (Å²) in [4.78, 5) is 41.5. The Hall–Kier alpha value is -1.36. The second-order valence-corrected chi connectivity index (χ2v) is 9.23. The normalized spacial score (nSPS) is 32.2. The SMILES string of the molecule is CC1(C)S[C@@H]2[C@H]([C@H](O)C(=O)N3CCN(CCO)CC3)C(=O)N2[C@H]1C(=O)O. The summed E-state index contributed by atoms with van der Waals surface area (Å²) in [5.41, 5.74) is 0. The molecule has 3 saturated heterocycles. The number of β-amino-alcohol motifs (C(OH)–C–C–N with tert-alkyl or cyclic N) is 1. The first kappa shape index (κ1) is 19.4. The summed E-state index contributed by atoms with van der Waals surface area (Å²) in [6, 6.07) is -0.953. The van der Waals surface area contributed by atoms with Crippen LogP contribution in [0.15, 0.2) is 0 Å². The van der Waals surface area contributed by atoms with Crippen molar-refractivity contribution in [3.63, 3.8) is 0 Å². The minimum absolute atomic E-state index is 0.0580. The summed E-state index contributed by atoms with van der Waals surface area (Å²) >= 11 is 1.32. The third kappa shape index (κ3) is 3.08. The molecule has 146 valence electrons. The predicted molar refractivity (Wildman–Crippen MR) is 93.3 cm³/mol. The Balaban J connectivity index is 1.65. The molecule has 26 heavy (non-hydrogen) atoms. The van der Waals surface area contributed by atoms with Gasteiger partial charge in [-0.05, 0) is 13.8 Å². The second-order valence-electron chi connectivity index (χ2n) is 7.46. The Morgan fingerprint density at radius 1 is 1.27 bits per heavy atom. The van der Waals surface area contributed by atoms with Crippen LogP contribution in [-0.4, -0.2) is 109 Å². The molecule has 0 spiro atoms. The van der Waals surface area contributed by atoms with Gasteiger partial charge in [-0.25, -0.2) is 4.79 Å². The summed E-state index contributed by atoms with van der Waals surface area (Å²) in [6.07, 6.45) is -1.45. The molecule has 3 rings (SSSR count). The van der Waals surface area contributed by atoms with Crippen LogP contribution < -0.4 is 0 Å². The molecule has 9 nitrogen and oxygen atoms in total. The molecular formula is C16H25N3O6S. The van der Waals surface area contributed by atoms with Gasteiger partial charge in [-0.2, -0.15) is 0 Å². The first-order valence-electron chi connectivity index (χ1n) is 8.72. The van der Waals surface area contributed by atoms with Gasteiger partial charge in [0.25, 0.3) is 5.91 Å². The van der Waals surface area contributed by atoms with E-state index in [9.17, 15) is 24.6 Å². The van der Waals surface area contributed by atoms with Crippen LogP contribution in [0.2, 0.25) is 0 Å². The summed E-state index contributed by atoms with van der Waals surface area (Å²) in [5.74, 6) is -2.92. The quantitative estimate of drug-likeness (QED) is 0.475. The van der Waals surface area contributed by atoms with E-state index in [0.717, 1.165) is 0 Å². The van der Waals surface area contributed by atoms with E-state index in [1.54, 1.807) is 13.8 Å². The number of carboxylic acids is 1. The number of hydrogen-bond donors (Lipinski definition) is 3. The highest BCUT2D eigenvalue weighted by Crippen LogP contribution is 2.54. The number of aliphatic carboxylic acids is 1. The molecule has 3 aliphatic rings. The number of hydrogen-bond acceptors (Lipinski definition) is 7. The molecular weight excluding hydrogens is 362 g/mol. The Kier molecular flexibility index (Phi) is 5.22. The van der Waals surface area contributed by atoms with Crippen LogP contribution in [0.1, 0.15) is 13.8 Å². The third-order valence-electron chi connectivity index (χ3n) is 5.41. The van der Waals surface area contributed by atoms with Crippen molar-refractivity contribution in [2.24, 2.45) is 5.92 Å². The zero-order chi connectivity index (χ0) is 19.2. The Bertz CT molecular complexity index is 607. The van der Waals surface area contributed by atoms with E-state index in [4.69, 9.17) is 5.11 Å². The van der Waals surface area contributed by atoms with Gasteiger partial charge in [0.1, 0.15) is 18.1 Å². The van der Waals surface area contributed by atoms with Crippen molar-refractivity contribution < 1.29 is 29.7 Å². The maximum absolute atomic E-state index is 12.6. The predicted octanol–water partition coefficient (Wildman–Crippen LogP) is -1.75. The lowest BCUT2D eigenvalue weighted by molar-refractivity contribution is -0.173. The Morgan fingerprint density at radius 2 is 1.88 bits per heavy atom. The molecule has 0 aromatic heterocycles. The van der Waals surface area contributed by atoms with Crippen LogP contribution in [0.3, 0.4) is 0 Å². The molecule has 0 saturated carbocycles. The van der Waals surface area contributed by atoms with Crippen LogP contribution in [0.4, 0.5) is 0 Å². The van der Waals surface area contributed by atoms with Crippen LogP contribution in [0.25, 0.3) is 0 Å². The smallest absolute Gasteiger partial charge is 0.327 e. The number of rotatable bonds is 5. The molecule has 3 heterocycles. The van der Waals surface area contributed by atoms with Crippen molar-refractivity contribution in [3.05, 3.63) is 0 Å². The van der Waals surface area contributed by atoms with Crippen molar-refractivity contribution >= 4 is 29.5 Å². The number of nitrogens with zero attached hydrogens (tertiary/aromatic N) is 3. The topological polar surface area (TPSA) is 122 Å². The van der Waals surface area contributed by atoms with E-state index >= 15 is 0 Å². The molecule has 0 aromatic rings. The summed E-state index contributed by atoms with van der Waals surface area (Å²) < 4.78 is -0.681. The number of aliphatic hydroxyl groups excluding tert-OH is 2. The minimum Gasteiger partial charge on any atom is -0.480 e. The lowest BCUT2D eigenvalue weighted by Gasteiger charge is -2.46. The van der Waals surface area contributed by atoms with Crippen molar-refractivity contribution in [1.29, 1.82) is 0 Å². The molecule has 3 N–H and O–H groups in total. The number of carbonyl (C=O) groups is 3. The molecule has 0 aromatic carbocycles. The van der Waals surface area contributed by atoms with E-state index in [0.29, 0.717) is 32.7 Å². The zero-order valence-corrected chi connectivity index (χ0v) is 15.7. The average Bonchev–Trinajstić information content (AvgIpc) is 2.83. The van der Waals surface area contributed by atoms with Crippen LogP contribution >= 0.6 is 11.8 Å². The van der Waals surface area contributed by atoms with Crippen molar-refractivity contribution in [2.75, 3.05) is 39.3 Å². The zero-order valence-electron chi connectivity index (χ0n) is 14.9. The van der Waals surface area contributed by atoms with Gasteiger partial charge < -0.3 is 25.1 Å². The molecule has 0 bridgehead atoms. The van der Waals surface area contributed by atoms with E-state index in [-0.39, 0.29) is 6.61 Å². The number of β-lactam (4-membered cyclic amide) rings is 1. The van der Waals surface area contributed by atoms with Gasteiger partial charge in [0, 0.05) is 37.5 Å². The maximum atomic E-state index is 12.6. The first-order valence-corrected chi connectivity index (χ1v) is 9.60. The van der Waals surface area contributed by atoms with Gasteiger partial charge in [0.2, 0.25) is 5.91 Å². The highest BCUT2D eigenvalue weighted by molar-refractivity contribution is 8.01. The van der Waals surface area contributed by atoms with Crippen LogP contribution in [0.5, 0.6) is 0 Å². The third-order valence-corrected chi connectivity index (χ3v) is 7.00. The van der Waals surface area contributed by atoms with E-state index in [1.165, 1.54) is 21.6 Å². The summed E-state index contributed by atoms with van der Waals surface area (Å²) in [6.45, 7) is 6.20. The fourth-order valence-electron chi connectivity index (χ4n) is 4.01. The Labute approximate surface area is 155 Å². The second kappa shape index (κ2) is 6.99. The largest absolute Gasteiger partial charge is 0.480 e. The first-order chi connectivity index (χ1) is 12.2. The molecule has 4 atom stereocenters. The number of amides is 2. The highest BCUT2D eigenvalue weighted by Gasteiger charge is 2.66. The number of fused-ring (bicyclic) bond motifs is 1. The molecule has 0 unspecified atom stereocenters. The molecule has 3 fully saturated rings. The van der Waals surface area contributed by atoms with E-state index in [1.807, 2.05) is 4.90 Å². The average molecular weight is 387 g/mol. The van der Waals surface area contributed by atoms with Crippen LogP contribution in [-0.2, 0) is 14.4 Å². The number of piperazine rings is 1. The summed E-state index contributed by atoms with van der Waals surface area (Å²) in [7, 11) is 0. The van der Waals surface area contributed by atoms with Crippen molar-refractivity contribution in [3.8, 4) is 0 Å². The standard InChI is InChI=1S/C16H25N3O6S/c1-16(2)11(15(24)25)19-12(22)9(14(19)26-16)10(21)13(23)18-5-3-17(4-6-18)7-8-20/h9-11,14,20-21H,3-8H2,1-2H3,(H,24,25)/t9-,10+,11+,14-/m1/s1. The van der Waals surface area contributed by atoms with E-state index in [2.05, 4.69) is 0 Å². The number of aliphatic hydroxyl groups is 2. The lowest BCUT2D eigenvalue weighted by Crippen LogP contribution is -2.67. The monoisotopic (exact) mass is 387 g/mol. The van der Waals surface area contributed by atoms with Gasteiger partial charge >= 0.3 is 5.97 Å². The number of carbonyl (C=O) groups excluding carboxylic acids is 2. The molecule has 3 aliphatic heterocycles. The van der Waals surface area contributed by atoms with E-state index < -0.39 is 46.0 Å². The van der Waals surface area contributed by atoms with Gasteiger partial charge in [-0.15, -0.1) is 11.8 Å². The highest BCUT2D eigenvalue weighted by atomic mass is 32.2. The molecule has 0 aliphatic carbocycles. The number of carboxylic acid groups (broad SMARTS) is 1. The van der Waals surface area contributed by atoms with Gasteiger partial charge in [-0.1, -0.05) is 0 Å². The lowest BCUT2D eigenvalue weighted by atomic mass is 9.87. The fraction of sp³-hybridized carbons (Fsp3) is 0.812. The number of thioether (sulfide) groups is 1. The van der Waals surface area contributed by atoms with Gasteiger partial charge in [-0.3, -0.25) is 14.5 Å². The minimum atomic E-state index is -1.45. The van der Waals surface area contributed by atoms with Gasteiger partial charge in [0.05, 0.1) is 12.0 Å². The Morgan fingerprint density at radius 3 is 2.42 bits per heavy atom. The fourth-order valence-corrected chi connectivity index (χ4v) is 5.72. The molecule has 2 amide bonds. The van der Waals surface area contributed by atoms with Crippen molar-refractivity contribution in [2.45, 2.75) is 36.1 Å². The van der Waals surface area contributed by atoms with Crippen LogP contribution in [0, 0.1) is 5.92 Å². The molecule has 0 radical (unpaired) electrons. The van der Waals surface area contributed by atoms with Crippen molar-refractivity contribution in [1.82, 2.24) is 14.7 Å².